The maximum Gasteiger partial charge on any atom is 0.416 e. The number of carbonyl (C=O) groups is 1. The van der Waals surface area contributed by atoms with Gasteiger partial charge in [0.1, 0.15) is 5.65 Å². The van der Waals surface area contributed by atoms with Gasteiger partial charge in [-0.25, -0.2) is 4.98 Å². The van der Waals surface area contributed by atoms with Crippen molar-refractivity contribution in [1.29, 1.82) is 0 Å². The van der Waals surface area contributed by atoms with E-state index < -0.39 is 35.0 Å². The van der Waals surface area contributed by atoms with E-state index in [0.29, 0.717) is 23.5 Å². The highest BCUT2D eigenvalue weighted by Gasteiger charge is 2.37. The molecule has 4 nitrogen and oxygen atoms in total. The molecular formula is C19H15F6N3O. The zero-order chi connectivity index (χ0) is 21.4. The number of aromatic nitrogens is 2. The van der Waals surface area contributed by atoms with Crippen molar-refractivity contribution in [2.75, 3.05) is 6.54 Å². The molecule has 154 valence electrons. The summed E-state index contributed by atoms with van der Waals surface area (Å²) in [5, 5.41) is 2.34. The van der Waals surface area contributed by atoms with Crippen LogP contribution in [0.5, 0.6) is 0 Å². The zero-order valence-electron chi connectivity index (χ0n) is 15.0. The number of imidazole rings is 1. The lowest BCUT2D eigenvalue weighted by Gasteiger charge is -2.14. The van der Waals surface area contributed by atoms with Gasteiger partial charge in [0, 0.05) is 30.9 Å². The molecular weight excluding hydrogens is 400 g/mol. The molecule has 0 aliphatic heterocycles. The molecule has 29 heavy (non-hydrogen) atoms. The summed E-state index contributed by atoms with van der Waals surface area (Å²) in [6, 6.07) is 4.52. The van der Waals surface area contributed by atoms with Gasteiger partial charge in [0.2, 0.25) is 0 Å². The van der Waals surface area contributed by atoms with Crippen molar-refractivity contribution in [3.8, 4) is 0 Å². The van der Waals surface area contributed by atoms with Crippen molar-refractivity contribution >= 4 is 11.6 Å². The summed E-state index contributed by atoms with van der Waals surface area (Å²) in [7, 11) is 0. The fraction of sp³-hybridized carbons (Fsp3) is 0.263. The molecule has 0 spiro atoms. The van der Waals surface area contributed by atoms with Crippen molar-refractivity contribution in [1.82, 2.24) is 14.7 Å². The van der Waals surface area contributed by atoms with Gasteiger partial charge < -0.3 is 9.72 Å². The molecule has 0 radical (unpaired) electrons. The Hall–Kier alpha value is -3.04. The maximum absolute atomic E-state index is 12.9. The number of rotatable bonds is 4. The number of hydrogen-bond donors (Lipinski definition) is 1. The van der Waals surface area contributed by atoms with Gasteiger partial charge in [0.25, 0.3) is 5.91 Å². The highest BCUT2D eigenvalue weighted by atomic mass is 19.4. The van der Waals surface area contributed by atoms with Crippen molar-refractivity contribution in [2.45, 2.75) is 25.7 Å². The first kappa shape index (κ1) is 20.7. The summed E-state index contributed by atoms with van der Waals surface area (Å²) < 4.78 is 79.1. The number of fused-ring (bicyclic) bond motifs is 1. The number of nitrogens with one attached hydrogen (secondary N) is 1. The Bertz CT molecular complexity index is 1020. The standard InChI is InChI=1S/C19H15F6N3O/c1-11-3-5-28-10-15(27-16(28)6-11)2-4-26-17(29)12-7-13(18(20,21)22)9-14(8-12)19(23,24)25/h3,5-10H,2,4H2,1H3,(H,26,29). The lowest BCUT2D eigenvalue weighted by molar-refractivity contribution is -0.143. The van der Waals surface area contributed by atoms with Gasteiger partial charge in [-0.15, -0.1) is 0 Å². The van der Waals surface area contributed by atoms with E-state index in [2.05, 4.69) is 10.3 Å². The van der Waals surface area contributed by atoms with Gasteiger partial charge in [0.15, 0.2) is 0 Å². The average molecular weight is 415 g/mol. The van der Waals surface area contributed by atoms with Crippen LogP contribution < -0.4 is 5.32 Å². The number of alkyl halides is 6. The number of carbonyl (C=O) groups excluding carboxylic acids is 1. The molecule has 3 rings (SSSR count). The fourth-order valence-corrected chi connectivity index (χ4v) is 2.75. The summed E-state index contributed by atoms with van der Waals surface area (Å²) in [5.41, 5.74) is -1.46. The van der Waals surface area contributed by atoms with Gasteiger partial charge >= 0.3 is 12.4 Å². The molecule has 2 heterocycles. The third-order valence-electron chi connectivity index (χ3n) is 4.18. The number of nitrogens with zero attached hydrogens (tertiary/aromatic N) is 2. The van der Waals surface area contributed by atoms with Crippen LogP contribution >= 0.6 is 0 Å². The van der Waals surface area contributed by atoms with E-state index in [9.17, 15) is 31.1 Å². The quantitative estimate of drug-likeness (QED) is 0.631. The minimum Gasteiger partial charge on any atom is -0.352 e. The highest BCUT2D eigenvalue weighted by Crippen LogP contribution is 2.36. The number of halogens is 6. The third-order valence-corrected chi connectivity index (χ3v) is 4.18. The molecule has 0 aliphatic carbocycles. The largest absolute Gasteiger partial charge is 0.416 e. The van der Waals surface area contributed by atoms with Crippen LogP contribution in [0.3, 0.4) is 0 Å². The van der Waals surface area contributed by atoms with Gasteiger partial charge in [-0.3, -0.25) is 4.79 Å². The molecule has 0 saturated carbocycles. The molecule has 1 aromatic carbocycles. The number of amides is 1. The van der Waals surface area contributed by atoms with Crippen molar-refractivity contribution in [3.63, 3.8) is 0 Å². The smallest absolute Gasteiger partial charge is 0.352 e. The first-order chi connectivity index (χ1) is 13.4. The molecule has 0 aliphatic rings. The van der Waals surface area contributed by atoms with E-state index in [4.69, 9.17) is 0 Å². The molecule has 0 saturated heterocycles. The molecule has 10 heteroatoms. The molecule has 3 aromatic rings. The second-order valence-corrected chi connectivity index (χ2v) is 6.50. The number of hydrogen-bond acceptors (Lipinski definition) is 2. The normalized spacial score (nSPS) is 12.4. The second kappa shape index (κ2) is 7.41. The van der Waals surface area contributed by atoms with Crippen molar-refractivity contribution in [2.24, 2.45) is 0 Å². The topological polar surface area (TPSA) is 46.4 Å². The van der Waals surface area contributed by atoms with E-state index in [-0.39, 0.29) is 19.0 Å². The van der Waals surface area contributed by atoms with Crippen molar-refractivity contribution < 1.29 is 31.1 Å². The van der Waals surface area contributed by atoms with Gasteiger partial charge in [-0.05, 0) is 42.8 Å². The first-order valence-electron chi connectivity index (χ1n) is 8.45. The van der Waals surface area contributed by atoms with E-state index in [1.807, 2.05) is 19.1 Å². The molecule has 0 unspecified atom stereocenters. The van der Waals surface area contributed by atoms with Crippen molar-refractivity contribution in [3.05, 3.63) is 70.7 Å². The number of pyridine rings is 1. The average Bonchev–Trinajstić information content (AvgIpc) is 3.01. The van der Waals surface area contributed by atoms with Crippen LogP contribution in [0.4, 0.5) is 26.3 Å². The molecule has 1 amide bonds. The Kier molecular flexibility index (Phi) is 5.29. The van der Waals surface area contributed by atoms with E-state index in [0.717, 1.165) is 5.56 Å². The van der Waals surface area contributed by atoms with E-state index in [1.54, 1.807) is 16.8 Å². The Morgan fingerprint density at radius 3 is 2.24 bits per heavy atom. The molecule has 0 bridgehead atoms. The van der Waals surface area contributed by atoms with Crippen LogP contribution in [-0.4, -0.2) is 21.8 Å². The lowest BCUT2D eigenvalue weighted by Crippen LogP contribution is -2.26. The third kappa shape index (κ3) is 4.87. The lowest BCUT2D eigenvalue weighted by atomic mass is 10.0. The Labute approximate surface area is 161 Å². The van der Waals surface area contributed by atoms with Crippen LogP contribution in [0.15, 0.2) is 42.7 Å². The second-order valence-electron chi connectivity index (χ2n) is 6.50. The number of aryl methyl sites for hydroxylation is 1. The first-order valence-corrected chi connectivity index (χ1v) is 8.45. The van der Waals surface area contributed by atoms with E-state index in [1.165, 1.54) is 0 Å². The zero-order valence-corrected chi connectivity index (χ0v) is 15.0. The van der Waals surface area contributed by atoms with Crippen LogP contribution in [0.1, 0.15) is 32.7 Å². The molecule has 0 atom stereocenters. The number of benzene rings is 1. The summed E-state index contributed by atoms with van der Waals surface area (Å²) >= 11 is 0. The van der Waals surface area contributed by atoms with Crippen LogP contribution in [-0.2, 0) is 18.8 Å². The van der Waals surface area contributed by atoms with Gasteiger partial charge in [-0.2, -0.15) is 26.3 Å². The Morgan fingerprint density at radius 1 is 1.03 bits per heavy atom. The SMILES string of the molecule is Cc1ccn2cc(CCNC(=O)c3cc(C(F)(F)F)cc(C(F)(F)F)c3)nc2c1. The summed E-state index contributed by atoms with van der Waals surface area (Å²) in [6.07, 6.45) is -6.22. The predicted molar refractivity (Wildman–Crippen MR) is 92.4 cm³/mol. The van der Waals surface area contributed by atoms with Crippen LogP contribution in [0.25, 0.3) is 5.65 Å². The van der Waals surface area contributed by atoms with Gasteiger partial charge in [-0.1, -0.05) is 0 Å². The van der Waals surface area contributed by atoms with E-state index >= 15 is 0 Å². The summed E-state index contributed by atoms with van der Waals surface area (Å²) in [4.78, 5) is 16.5. The van der Waals surface area contributed by atoms with Crippen LogP contribution in [0, 0.1) is 6.92 Å². The fourth-order valence-electron chi connectivity index (χ4n) is 2.75. The predicted octanol–water partition coefficient (Wildman–Crippen LogP) is 4.65. The van der Waals surface area contributed by atoms with Crippen LogP contribution in [0.2, 0.25) is 0 Å². The molecule has 1 N–H and O–H groups in total. The maximum atomic E-state index is 12.9. The minimum absolute atomic E-state index is 0.000700. The Balaban J connectivity index is 1.74. The summed E-state index contributed by atoms with van der Waals surface area (Å²) in [6.45, 7) is 1.90. The minimum atomic E-state index is -5.01. The Morgan fingerprint density at radius 2 is 1.66 bits per heavy atom. The molecule has 0 fully saturated rings. The monoisotopic (exact) mass is 415 g/mol. The summed E-state index contributed by atoms with van der Waals surface area (Å²) in [5.74, 6) is -1.03. The molecule has 2 aromatic heterocycles. The highest BCUT2D eigenvalue weighted by molar-refractivity contribution is 5.94. The van der Waals surface area contributed by atoms with Gasteiger partial charge in [0.05, 0.1) is 16.8 Å².